The minimum absolute atomic E-state index is 0.101. The summed E-state index contributed by atoms with van der Waals surface area (Å²) >= 11 is 6.01. The fraction of sp³-hybridized carbons (Fsp3) is 0.296. The quantitative estimate of drug-likeness (QED) is 0.382. The SMILES string of the molecule is COc1cc(Nc2nc3c(c(N4CCNCC4)n2)CCC3c2ccc(F)cc2)ccc1-n1cnc(Cl)c1. The summed E-state index contributed by atoms with van der Waals surface area (Å²) in [4.78, 5) is 16.4. The first-order valence-corrected chi connectivity index (χ1v) is 12.7. The van der Waals surface area contributed by atoms with E-state index in [9.17, 15) is 4.39 Å². The second kappa shape index (κ2) is 9.99. The van der Waals surface area contributed by atoms with Crippen molar-refractivity contribution in [1.82, 2.24) is 24.8 Å². The van der Waals surface area contributed by atoms with Crippen LogP contribution >= 0.6 is 11.6 Å². The highest BCUT2D eigenvalue weighted by atomic mass is 35.5. The molecule has 8 nitrogen and oxygen atoms in total. The number of piperazine rings is 1. The number of rotatable bonds is 6. The molecule has 2 aromatic carbocycles. The molecule has 1 atom stereocenters. The van der Waals surface area contributed by atoms with Crippen LogP contribution in [0.1, 0.15) is 29.2 Å². The Bertz CT molecular complexity index is 1420. The molecule has 4 aromatic rings. The van der Waals surface area contributed by atoms with E-state index < -0.39 is 0 Å². The summed E-state index contributed by atoms with van der Waals surface area (Å²) in [6, 6.07) is 12.6. The second-order valence-corrected chi connectivity index (χ2v) is 9.62. The van der Waals surface area contributed by atoms with Gasteiger partial charge in [0.05, 0.1) is 18.5 Å². The summed E-state index contributed by atoms with van der Waals surface area (Å²) in [7, 11) is 1.63. The highest BCUT2D eigenvalue weighted by Gasteiger charge is 2.31. The Hall–Kier alpha value is -3.69. The lowest BCUT2D eigenvalue weighted by Gasteiger charge is -2.30. The van der Waals surface area contributed by atoms with Gasteiger partial charge in [-0.3, -0.25) is 0 Å². The van der Waals surface area contributed by atoms with Crippen LogP contribution in [0.5, 0.6) is 5.75 Å². The van der Waals surface area contributed by atoms with Gasteiger partial charge in [-0.2, -0.15) is 4.98 Å². The van der Waals surface area contributed by atoms with E-state index in [4.69, 9.17) is 26.3 Å². The molecule has 1 aliphatic heterocycles. The molecule has 2 aliphatic rings. The zero-order valence-corrected chi connectivity index (χ0v) is 21.2. The van der Waals surface area contributed by atoms with Gasteiger partial charge < -0.3 is 24.8 Å². The molecule has 1 saturated heterocycles. The van der Waals surface area contributed by atoms with E-state index in [0.717, 1.165) is 67.5 Å². The van der Waals surface area contributed by atoms with Crippen LogP contribution < -0.4 is 20.3 Å². The smallest absolute Gasteiger partial charge is 0.229 e. The molecule has 0 amide bonds. The van der Waals surface area contributed by atoms with Crippen LogP contribution in [0, 0.1) is 5.82 Å². The van der Waals surface area contributed by atoms with Crippen LogP contribution in [0.25, 0.3) is 5.69 Å². The third-order valence-corrected chi connectivity index (χ3v) is 7.18. The molecule has 1 fully saturated rings. The molecule has 0 spiro atoms. The highest BCUT2D eigenvalue weighted by Crippen LogP contribution is 2.41. The first-order valence-electron chi connectivity index (χ1n) is 12.4. The third-order valence-electron chi connectivity index (χ3n) is 6.98. The minimum Gasteiger partial charge on any atom is -0.494 e. The lowest BCUT2D eigenvalue weighted by Crippen LogP contribution is -2.44. The van der Waals surface area contributed by atoms with Crippen molar-refractivity contribution in [2.45, 2.75) is 18.8 Å². The molecule has 2 aromatic heterocycles. The summed E-state index contributed by atoms with van der Waals surface area (Å²) in [6.07, 6.45) is 5.19. The average molecular weight is 520 g/mol. The van der Waals surface area contributed by atoms with E-state index >= 15 is 0 Å². The van der Waals surface area contributed by atoms with E-state index in [1.165, 1.54) is 17.7 Å². The molecule has 1 aliphatic carbocycles. The molecular weight excluding hydrogens is 493 g/mol. The third kappa shape index (κ3) is 4.72. The van der Waals surface area contributed by atoms with E-state index in [0.29, 0.717) is 16.9 Å². The molecular formula is C27H27ClFN7O. The number of aromatic nitrogens is 4. The number of hydrogen-bond acceptors (Lipinski definition) is 7. The molecule has 0 radical (unpaired) electrons. The topological polar surface area (TPSA) is 80.1 Å². The van der Waals surface area contributed by atoms with E-state index in [-0.39, 0.29) is 11.7 Å². The van der Waals surface area contributed by atoms with Gasteiger partial charge in [0.15, 0.2) is 0 Å². The number of nitrogens with zero attached hydrogens (tertiary/aromatic N) is 5. The lowest BCUT2D eigenvalue weighted by atomic mass is 9.96. The van der Waals surface area contributed by atoms with Gasteiger partial charge in [-0.15, -0.1) is 0 Å². The van der Waals surface area contributed by atoms with Crippen LogP contribution in [0.15, 0.2) is 55.0 Å². The Labute approximate surface area is 219 Å². The molecule has 2 N–H and O–H groups in total. The van der Waals surface area contributed by atoms with Crippen molar-refractivity contribution in [2.75, 3.05) is 43.5 Å². The van der Waals surface area contributed by atoms with Gasteiger partial charge >= 0.3 is 0 Å². The van der Waals surface area contributed by atoms with Gasteiger partial charge in [0.2, 0.25) is 5.95 Å². The minimum atomic E-state index is -0.233. The van der Waals surface area contributed by atoms with Crippen LogP contribution in [0.3, 0.4) is 0 Å². The molecule has 10 heteroatoms. The van der Waals surface area contributed by atoms with Crippen molar-refractivity contribution >= 4 is 29.1 Å². The molecule has 3 heterocycles. The number of ether oxygens (including phenoxy) is 1. The zero-order chi connectivity index (χ0) is 25.4. The molecule has 0 saturated carbocycles. The lowest BCUT2D eigenvalue weighted by molar-refractivity contribution is 0.413. The number of halogens is 2. The van der Waals surface area contributed by atoms with Gasteiger partial charge in [-0.25, -0.2) is 14.4 Å². The Morgan fingerprint density at radius 3 is 2.65 bits per heavy atom. The molecule has 37 heavy (non-hydrogen) atoms. The van der Waals surface area contributed by atoms with Crippen molar-refractivity contribution < 1.29 is 9.13 Å². The Morgan fingerprint density at radius 2 is 1.92 bits per heavy atom. The maximum Gasteiger partial charge on any atom is 0.229 e. The Morgan fingerprint density at radius 1 is 1.11 bits per heavy atom. The predicted octanol–water partition coefficient (Wildman–Crippen LogP) is 4.69. The van der Waals surface area contributed by atoms with Crippen LogP contribution in [-0.2, 0) is 6.42 Å². The standard InChI is InChI=1S/C27H27ClFN7O/c1-37-23-14-19(6-9-22(23)36-15-24(28)31-16-36)32-27-33-25-20(17-2-4-18(29)5-3-17)7-8-21(25)26(34-27)35-12-10-30-11-13-35/h2-6,9,14-16,20,30H,7-8,10-13H2,1H3,(H,32,33,34). The molecule has 1 unspecified atom stereocenters. The van der Waals surface area contributed by atoms with Crippen molar-refractivity contribution in [3.63, 3.8) is 0 Å². The predicted molar refractivity (Wildman–Crippen MR) is 142 cm³/mol. The van der Waals surface area contributed by atoms with E-state index in [1.54, 1.807) is 19.6 Å². The summed E-state index contributed by atoms with van der Waals surface area (Å²) in [6.45, 7) is 3.61. The fourth-order valence-electron chi connectivity index (χ4n) is 5.18. The Kier molecular flexibility index (Phi) is 6.40. The highest BCUT2D eigenvalue weighted by molar-refractivity contribution is 6.29. The van der Waals surface area contributed by atoms with Crippen molar-refractivity contribution in [3.8, 4) is 11.4 Å². The van der Waals surface area contributed by atoms with Crippen LogP contribution in [-0.4, -0.2) is 52.8 Å². The van der Waals surface area contributed by atoms with Crippen molar-refractivity contribution in [2.24, 2.45) is 0 Å². The van der Waals surface area contributed by atoms with Gasteiger partial charge in [-0.1, -0.05) is 23.7 Å². The summed E-state index contributed by atoms with van der Waals surface area (Å²) < 4.78 is 21.1. The van der Waals surface area contributed by atoms with Crippen LogP contribution in [0.2, 0.25) is 5.15 Å². The number of anilines is 3. The maximum atomic E-state index is 13.6. The van der Waals surface area contributed by atoms with E-state index in [2.05, 4.69) is 20.5 Å². The second-order valence-electron chi connectivity index (χ2n) is 9.23. The largest absolute Gasteiger partial charge is 0.494 e. The summed E-state index contributed by atoms with van der Waals surface area (Å²) in [5.41, 5.74) is 4.89. The maximum absolute atomic E-state index is 13.6. The fourth-order valence-corrected chi connectivity index (χ4v) is 5.33. The average Bonchev–Trinajstić information content (AvgIpc) is 3.55. The van der Waals surface area contributed by atoms with Crippen molar-refractivity contribution in [1.29, 1.82) is 0 Å². The molecule has 190 valence electrons. The summed E-state index contributed by atoms with van der Waals surface area (Å²) in [5.74, 6) is 2.04. The van der Waals surface area contributed by atoms with Gasteiger partial charge in [0.25, 0.3) is 0 Å². The molecule has 6 rings (SSSR count). The number of hydrogen-bond donors (Lipinski definition) is 2. The van der Waals surface area contributed by atoms with Crippen LogP contribution in [0.4, 0.5) is 21.8 Å². The number of fused-ring (bicyclic) bond motifs is 1. The normalized spacial score (nSPS) is 17.1. The van der Waals surface area contributed by atoms with Gasteiger partial charge in [0.1, 0.15) is 28.9 Å². The first-order chi connectivity index (χ1) is 18.1. The van der Waals surface area contributed by atoms with E-state index in [1.807, 2.05) is 34.9 Å². The van der Waals surface area contributed by atoms with Crippen molar-refractivity contribution in [3.05, 3.63) is 82.8 Å². The van der Waals surface area contributed by atoms with Gasteiger partial charge in [0, 0.05) is 55.6 Å². The Balaban J connectivity index is 1.37. The number of imidazole rings is 1. The number of benzene rings is 2. The molecule has 0 bridgehead atoms. The summed E-state index contributed by atoms with van der Waals surface area (Å²) in [5, 5.41) is 7.22. The zero-order valence-electron chi connectivity index (χ0n) is 20.4. The monoisotopic (exact) mass is 519 g/mol. The number of nitrogens with one attached hydrogen (secondary N) is 2. The van der Waals surface area contributed by atoms with Gasteiger partial charge in [-0.05, 0) is 42.7 Å². The number of methoxy groups -OCH3 is 1. The first kappa shape index (κ1) is 23.7.